The molecule has 23 heavy (non-hydrogen) atoms. The van der Waals surface area contributed by atoms with E-state index in [0.29, 0.717) is 5.82 Å². The van der Waals surface area contributed by atoms with Gasteiger partial charge in [0.1, 0.15) is 17.8 Å². The van der Waals surface area contributed by atoms with E-state index in [1.54, 1.807) is 23.0 Å². The van der Waals surface area contributed by atoms with Gasteiger partial charge in [0, 0.05) is 18.0 Å². The highest BCUT2D eigenvalue weighted by molar-refractivity contribution is 5.86. The van der Waals surface area contributed by atoms with Crippen LogP contribution in [0, 0.1) is 6.92 Å². The van der Waals surface area contributed by atoms with Gasteiger partial charge in [-0.1, -0.05) is 25.3 Å². The molecule has 3 heterocycles. The van der Waals surface area contributed by atoms with Gasteiger partial charge in [-0.15, -0.1) is 0 Å². The standard InChI is InChI=1S/C17H16N6/c1-4-13(10-23-15(5-2)19-11-20-23)16-17(22-12(3)21-16)14-8-6-7-9-18-14/h4-11H,1-2H2,3H3,(H,21,22)/b13-10+. The van der Waals surface area contributed by atoms with Gasteiger partial charge >= 0.3 is 0 Å². The Morgan fingerprint density at radius 2 is 2.13 bits per heavy atom. The minimum absolute atomic E-state index is 0.653. The molecular formula is C17H16N6. The first-order valence-corrected chi connectivity index (χ1v) is 7.07. The van der Waals surface area contributed by atoms with E-state index >= 15 is 0 Å². The Balaban J connectivity index is 2.13. The molecule has 1 N–H and O–H groups in total. The van der Waals surface area contributed by atoms with Crippen LogP contribution in [-0.4, -0.2) is 29.7 Å². The van der Waals surface area contributed by atoms with Crippen molar-refractivity contribution in [3.63, 3.8) is 0 Å². The first kappa shape index (κ1) is 14.6. The Labute approximate surface area is 134 Å². The summed E-state index contributed by atoms with van der Waals surface area (Å²) in [5, 5.41) is 4.17. The molecule has 3 aromatic rings. The Morgan fingerprint density at radius 3 is 2.83 bits per heavy atom. The highest BCUT2D eigenvalue weighted by Gasteiger charge is 2.14. The molecule has 3 rings (SSSR count). The fourth-order valence-corrected chi connectivity index (χ4v) is 2.24. The van der Waals surface area contributed by atoms with Crippen LogP contribution < -0.4 is 0 Å². The van der Waals surface area contributed by atoms with Crippen molar-refractivity contribution >= 4 is 17.8 Å². The van der Waals surface area contributed by atoms with Crippen LogP contribution in [0.2, 0.25) is 0 Å². The van der Waals surface area contributed by atoms with Gasteiger partial charge in [0.05, 0.1) is 11.4 Å². The zero-order chi connectivity index (χ0) is 16.2. The number of rotatable bonds is 5. The van der Waals surface area contributed by atoms with Crippen molar-refractivity contribution in [3.8, 4) is 11.4 Å². The van der Waals surface area contributed by atoms with Crippen LogP contribution in [0.3, 0.4) is 0 Å². The highest BCUT2D eigenvalue weighted by atomic mass is 15.3. The van der Waals surface area contributed by atoms with Gasteiger partial charge in [-0.25, -0.2) is 14.6 Å². The predicted molar refractivity (Wildman–Crippen MR) is 91.0 cm³/mol. The molecule has 0 amide bonds. The Bertz CT molecular complexity index is 870. The van der Waals surface area contributed by atoms with Crippen molar-refractivity contribution < 1.29 is 0 Å². The van der Waals surface area contributed by atoms with E-state index in [1.807, 2.05) is 31.3 Å². The molecule has 0 fully saturated rings. The number of nitrogens with one attached hydrogen (secondary N) is 1. The molecule has 6 nitrogen and oxygen atoms in total. The summed E-state index contributed by atoms with van der Waals surface area (Å²) >= 11 is 0. The molecule has 0 saturated carbocycles. The van der Waals surface area contributed by atoms with Crippen LogP contribution in [0.4, 0.5) is 0 Å². The molecule has 0 radical (unpaired) electrons. The molecule has 114 valence electrons. The van der Waals surface area contributed by atoms with E-state index < -0.39 is 0 Å². The molecule has 6 heteroatoms. The maximum absolute atomic E-state index is 4.55. The molecule has 0 aromatic carbocycles. The monoisotopic (exact) mass is 304 g/mol. The number of hydrogen-bond donors (Lipinski definition) is 1. The zero-order valence-electron chi connectivity index (χ0n) is 12.8. The lowest BCUT2D eigenvalue weighted by Gasteiger charge is -2.04. The third-order valence-corrected chi connectivity index (χ3v) is 3.28. The maximum Gasteiger partial charge on any atom is 0.154 e. The molecule has 0 spiro atoms. The highest BCUT2D eigenvalue weighted by Crippen LogP contribution is 2.26. The van der Waals surface area contributed by atoms with Crippen molar-refractivity contribution in [1.82, 2.24) is 29.7 Å². The topological polar surface area (TPSA) is 72.3 Å². The van der Waals surface area contributed by atoms with Crippen molar-refractivity contribution in [1.29, 1.82) is 0 Å². The van der Waals surface area contributed by atoms with Crippen LogP contribution in [-0.2, 0) is 0 Å². The normalized spacial score (nSPS) is 11.4. The van der Waals surface area contributed by atoms with Crippen LogP contribution in [0.25, 0.3) is 29.2 Å². The third kappa shape index (κ3) is 2.87. The van der Waals surface area contributed by atoms with Gasteiger partial charge < -0.3 is 4.98 Å². The van der Waals surface area contributed by atoms with Gasteiger partial charge in [-0.05, 0) is 25.1 Å². The predicted octanol–water partition coefficient (Wildman–Crippen LogP) is 3.20. The summed E-state index contributed by atoms with van der Waals surface area (Å²) in [5.74, 6) is 1.45. The molecule has 0 aliphatic rings. The van der Waals surface area contributed by atoms with Gasteiger partial charge in [0.25, 0.3) is 0 Å². The third-order valence-electron chi connectivity index (χ3n) is 3.28. The molecule has 0 aliphatic heterocycles. The lowest BCUT2D eigenvalue weighted by Crippen LogP contribution is -1.96. The molecule has 0 aliphatic carbocycles. The second kappa shape index (κ2) is 6.23. The number of hydrogen-bond acceptors (Lipinski definition) is 4. The van der Waals surface area contributed by atoms with Crippen molar-refractivity contribution in [2.75, 3.05) is 0 Å². The molecular weight excluding hydrogens is 288 g/mol. The SMILES string of the molecule is C=C/C(=C\n1ncnc1C=C)c1[nH]c(C)nc1-c1ccccn1. The quantitative estimate of drug-likeness (QED) is 0.735. The van der Waals surface area contributed by atoms with Gasteiger partial charge in [-0.3, -0.25) is 4.98 Å². The van der Waals surface area contributed by atoms with Crippen molar-refractivity contribution in [3.05, 3.63) is 67.3 Å². The average molecular weight is 304 g/mol. The maximum atomic E-state index is 4.55. The first-order chi connectivity index (χ1) is 11.2. The lowest BCUT2D eigenvalue weighted by atomic mass is 10.1. The number of allylic oxidation sites excluding steroid dienone is 2. The van der Waals surface area contributed by atoms with E-state index in [1.165, 1.54) is 6.33 Å². The molecule has 0 atom stereocenters. The fourth-order valence-electron chi connectivity index (χ4n) is 2.24. The summed E-state index contributed by atoms with van der Waals surface area (Å²) in [5.41, 5.74) is 3.23. The molecule has 3 aromatic heterocycles. The number of H-pyrrole nitrogens is 1. The minimum Gasteiger partial charge on any atom is -0.342 e. The number of nitrogens with zero attached hydrogens (tertiary/aromatic N) is 5. The molecule has 0 unspecified atom stereocenters. The summed E-state index contributed by atoms with van der Waals surface area (Å²) in [4.78, 5) is 16.3. The number of aromatic nitrogens is 6. The fraction of sp³-hybridized carbons (Fsp3) is 0.0588. The minimum atomic E-state index is 0.653. The van der Waals surface area contributed by atoms with Crippen LogP contribution >= 0.6 is 0 Å². The van der Waals surface area contributed by atoms with Crippen molar-refractivity contribution in [2.45, 2.75) is 6.92 Å². The summed E-state index contributed by atoms with van der Waals surface area (Å²) in [6.07, 6.45) is 8.44. The van der Waals surface area contributed by atoms with Crippen molar-refractivity contribution in [2.24, 2.45) is 0 Å². The average Bonchev–Trinajstić information content (AvgIpc) is 3.19. The molecule has 0 saturated heterocycles. The Morgan fingerprint density at radius 1 is 1.26 bits per heavy atom. The van der Waals surface area contributed by atoms with Crippen LogP contribution in [0.15, 0.2) is 50.0 Å². The lowest BCUT2D eigenvalue weighted by molar-refractivity contribution is 0.923. The van der Waals surface area contributed by atoms with E-state index in [0.717, 1.165) is 28.5 Å². The van der Waals surface area contributed by atoms with Gasteiger partial charge in [0.15, 0.2) is 5.82 Å². The molecule has 0 bridgehead atoms. The summed E-state index contributed by atoms with van der Waals surface area (Å²) in [6.45, 7) is 9.53. The second-order valence-electron chi connectivity index (χ2n) is 4.82. The van der Waals surface area contributed by atoms with E-state index in [4.69, 9.17) is 0 Å². The summed E-state index contributed by atoms with van der Waals surface area (Å²) in [6, 6.07) is 5.73. The van der Waals surface area contributed by atoms with Crippen LogP contribution in [0.5, 0.6) is 0 Å². The van der Waals surface area contributed by atoms with E-state index in [2.05, 4.69) is 38.2 Å². The Kier molecular flexibility index (Phi) is 3.97. The number of pyridine rings is 1. The van der Waals surface area contributed by atoms with Gasteiger partial charge in [-0.2, -0.15) is 5.10 Å². The number of imidazole rings is 1. The summed E-state index contributed by atoms with van der Waals surface area (Å²) in [7, 11) is 0. The number of aromatic amines is 1. The zero-order valence-corrected chi connectivity index (χ0v) is 12.8. The Hall–Kier alpha value is -3.28. The first-order valence-electron chi connectivity index (χ1n) is 7.07. The van der Waals surface area contributed by atoms with E-state index in [-0.39, 0.29) is 0 Å². The second-order valence-corrected chi connectivity index (χ2v) is 4.82. The summed E-state index contributed by atoms with van der Waals surface area (Å²) < 4.78 is 1.64. The smallest absolute Gasteiger partial charge is 0.154 e. The largest absolute Gasteiger partial charge is 0.342 e. The van der Waals surface area contributed by atoms with E-state index in [9.17, 15) is 0 Å². The number of aryl methyl sites for hydroxylation is 1. The van der Waals surface area contributed by atoms with Crippen LogP contribution in [0.1, 0.15) is 17.3 Å². The van der Waals surface area contributed by atoms with Gasteiger partial charge in [0.2, 0.25) is 0 Å².